The summed E-state index contributed by atoms with van der Waals surface area (Å²) in [6, 6.07) is 4.20. The summed E-state index contributed by atoms with van der Waals surface area (Å²) in [5.41, 5.74) is 8.19. The average molecular weight is 294 g/mol. The van der Waals surface area contributed by atoms with E-state index >= 15 is 0 Å². The zero-order valence-electron chi connectivity index (χ0n) is 13.1. The molecule has 21 heavy (non-hydrogen) atoms. The van der Waals surface area contributed by atoms with Crippen molar-refractivity contribution in [2.75, 3.05) is 33.4 Å². The molecule has 0 saturated heterocycles. The molecular formula is C16H26N2O3. The molecule has 0 aromatic heterocycles. The van der Waals surface area contributed by atoms with E-state index in [1.807, 2.05) is 6.92 Å². The van der Waals surface area contributed by atoms with E-state index in [-0.39, 0.29) is 12.1 Å². The number of methoxy groups -OCH3 is 1. The molecule has 118 valence electrons. The van der Waals surface area contributed by atoms with Crippen molar-refractivity contribution in [1.29, 1.82) is 0 Å². The van der Waals surface area contributed by atoms with Gasteiger partial charge in [-0.15, -0.1) is 0 Å². The first-order chi connectivity index (χ1) is 10.2. The monoisotopic (exact) mass is 294 g/mol. The Bertz CT molecular complexity index is 465. The molecule has 1 aromatic rings. The smallest absolute Gasteiger partial charge is 0.124 e. The first kappa shape index (κ1) is 16.1. The summed E-state index contributed by atoms with van der Waals surface area (Å²) in [4.78, 5) is 0. The van der Waals surface area contributed by atoms with E-state index < -0.39 is 0 Å². The predicted molar refractivity (Wildman–Crippen MR) is 83.1 cm³/mol. The third-order valence-corrected chi connectivity index (χ3v) is 3.64. The summed E-state index contributed by atoms with van der Waals surface area (Å²) in [7, 11) is 1.69. The van der Waals surface area contributed by atoms with Crippen molar-refractivity contribution in [3.05, 3.63) is 23.3 Å². The molecule has 0 radical (unpaired) electrons. The van der Waals surface area contributed by atoms with Gasteiger partial charge < -0.3 is 25.3 Å². The normalized spacial score (nSPS) is 18.2. The molecule has 5 nitrogen and oxygen atoms in total. The Morgan fingerprint density at radius 2 is 2.29 bits per heavy atom. The molecule has 1 heterocycles. The summed E-state index contributed by atoms with van der Waals surface area (Å²) in [5, 5.41) is 3.40. The van der Waals surface area contributed by atoms with Crippen LogP contribution in [0.3, 0.4) is 0 Å². The van der Waals surface area contributed by atoms with E-state index in [1.165, 1.54) is 5.56 Å². The molecule has 2 atom stereocenters. The SMILES string of the molecule is CCOc1cc2c(cc1C(CN)NCCOC)OC(C)C2. The number of ether oxygens (including phenoxy) is 3. The molecule has 1 aromatic carbocycles. The molecule has 1 aliphatic heterocycles. The van der Waals surface area contributed by atoms with Crippen molar-refractivity contribution in [2.24, 2.45) is 5.73 Å². The lowest BCUT2D eigenvalue weighted by Gasteiger charge is -2.21. The number of hydrogen-bond donors (Lipinski definition) is 2. The van der Waals surface area contributed by atoms with E-state index in [4.69, 9.17) is 19.9 Å². The third-order valence-electron chi connectivity index (χ3n) is 3.64. The van der Waals surface area contributed by atoms with Crippen molar-refractivity contribution in [3.63, 3.8) is 0 Å². The highest BCUT2D eigenvalue weighted by molar-refractivity contribution is 5.50. The van der Waals surface area contributed by atoms with Gasteiger partial charge in [0.15, 0.2) is 0 Å². The van der Waals surface area contributed by atoms with Crippen molar-refractivity contribution in [3.8, 4) is 11.5 Å². The molecule has 1 aliphatic rings. The minimum Gasteiger partial charge on any atom is -0.494 e. The molecule has 0 fully saturated rings. The fraction of sp³-hybridized carbons (Fsp3) is 0.625. The predicted octanol–water partition coefficient (Wildman–Crippen LogP) is 1.64. The Morgan fingerprint density at radius 1 is 1.48 bits per heavy atom. The Labute approximate surface area is 126 Å². The van der Waals surface area contributed by atoms with Gasteiger partial charge in [0.1, 0.15) is 17.6 Å². The summed E-state index contributed by atoms with van der Waals surface area (Å²) in [6.07, 6.45) is 1.16. The maximum atomic E-state index is 5.92. The van der Waals surface area contributed by atoms with E-state index in [0.717, 1.165) is 30.0 Å². The number of nitrogens with two attached hydrogens (primary N) is 1. The van der Waals surface area contributed by atoms with Crippen LogP contribution in [0.15, 0.2) is 12.1 Å². The highest BCUT2D eigenvalue weighted by atomic mass is 16.5. The molecule has 0 amide bonds. The Morgan fingerprint density at radius 3 is 2.95 bits per heavy atom. The Balaban J connectivity index is 2.24. The zero-order valence-corrected chi connectivity index (χ0v) is 13.1. The molecule has 2 unspecified atom stereocenters. The maximum Gasteiger partial charge on any atom is 0.124 e. The van der Waals surface area contributed by atoms with Crippen molar-refractivity contribution in [2.45, 2.75) is 32.4 Å². The van der Waals surface area contributed by atoms with Gasteiger partial charge in [0.05, 0.1) is 13.2 Å². The van der Waals surface area contributed by atoms with Crippen LogP contribution >= 0.6 is 0 Å². The van der Waals surface area contributed by atoms with Gasteiger partial charge >= 0.3 is 0 Å². The fourth-order valence-corrected chi connectivity index (χ4v) is 2.66. The summed E-state index contributed by atoms with van der Waals surface area (Å²) < 4.78 is 16.7. The van der Waals surface area contributed by atoms with Crippen LogP contribution in [-0.4, -0.2) is 39.5 Å². The van der Waals surface area contributed by atoms with Crippen LogP contribution in [0.4, 0.5) is 0 Å². The summed E-state index contributed by atoms with van der Waals surface area (Å²) in [5.74, 6) is 1.85. The maximum absolute atomic E-state index is 5.92. The number of hydrogen-bond acceptors (Lipinski definition) is 5. The number of rotatable bonds is 8. The quantitative estimate of drug-likeness (QED) is 0.714. The first-order valence-corrected chi connectivity index (χ1v) is 7.58. The molecule has 5 heteroatoms. The van der Waals surface area contributed by atoms with Crippen molar-refractivity contribution in [1.82, 2.24) is 5.32 Å². The van der Waals surface area contributed by atoms with E-state index in [1.54, 1.807) is 7.11 Å². The second-order valence-corrected chi connectivity index (χ2v) is 5.30. The number of nitrogens with one attached hydrogen (secondary N) is 1. The van der Waals surface area contributed by atoms with Crippen LogP contribution in [-0.2, 0) is 11.2 Å². The second-order valence-electron chi connectivity index (χ2n) is 5.30. The highest BCUT2D eigenvalue weighted by Crippen LogP contribution is 2.37. The minimum atomic E-state index is 0.0338. The molecule has 3 N–H and O–H groups in total. The molecule has 0 bridgehead atoms. The largest absolute Gasteiger partial charge is 0.494 e. The van der Waals surface area contributed by atoms with Gasteiger partial charge in [-0.3, -0.25) is 0 Å². The standard InChI is InChI=1S/C16H26N2O3/c1-4-20-16-8-12-7-11(2)21-15(12)9-13(16)14(10-17)18-5-6-19-3/h8-9,11,14,18H,4-7,10,17H2,1-3H3. The molecule has 0 saturated carbocycles. The lowest BCUT2D eigenvalue weighted by atomic mass is 10.0. The van der Waals surface area contributed by atoms with E-state index in [2.05, 4.69) is 24.4 Å². The zero-order chi connectivity index (χ0) is 15.2. The summed E-state index contributed by atoms with van der Waals surface area (Å²) in [6.45, 7) is 6.61. The highest BCUT2D eigenvalue weighted by Gasteiger charge is 2.24. The van der Waals surface area contributed by atoms with Gasteiger partial charge in [0.25, 0.3) is 0 Å². The van der Waals surface area contributed by atoms with Crippen LogP contribution < -0.4 is 20.5 Å². The van der Waals surface area contributed by atoms with Crippen LogP contribution in [0, 0.1) is 0 Å². The number of benzene rings is 1. The molecule has 2 rings (SSSR count). The van der Waals surface area contributed by atoms with Crippen LogP contribution in [0.25, 0.3) is 0 Å². The van der Waals surface area contributed by atoms with E-state index in [9.17, 15) is 0 Å². The Hall–Kier alpha value is -1.30. The van der Waals surface area contributed by atoms with Crippen LogP contribution in [0.5, 0.6) is 11.5 Å². The van der Waals surface area contributed by atoms with Gasteiger partial charge in [0.2, 0.25) is 0 Å². The van der Waals surface area contributed by atoms with Gasteiger partial charge in [-0.2, -0.15) is 0 Å². The van der Waals surface area contributed by atoms with Gasteiger partial charge in [-0.1, -0.05) is 0 Å². The van der Waals surface area contributed by atoms with Crippen molar-refractivity contribution < 1.29 is 14.2 Å². The molecular weight excluding hydrogens is 268 g/mol. The first-order valence-electron chi connectivity index (χ1n) is 7.58. The third kappa shape index (κ3) is 3.87. The van der Waals surface area contributed by atoms with Gasteiger partial charge in [0, 0.05) is 43.8 Å². The lowest BCUT2D eigenvalue weighted by Crippen LogP contribution is -2.31. The second kappa shape index (κ2) is 7.64. The van der Waals surface area contributed by atoms with Crippen molar-refractivity contribution >= 4 is 0 Å². The van der Waals surface area contributed by atoms with Gasteiger partial charge in [-0.25, -0.2) is 0 Å². The number of fused-ring (bicyclic) bond motifs is 1. The van der Waals surface area contributed by atoms with Crippen LogP contribution in [0.1, 0.15) is 31.0 Å². The summed E-state index contributed by atoms with van der Waals surface area (Å²) >= 11 is 0. The van der Waals surface area contributed by atoms with Crippen LogP contribution in [0.2, 0.25) is 0 Å². The topological polar surface area (TPSA) is 65.7 Å². The molecule has 0 spiro atoms. The molecule has 0 aliphatic carbocycles. The minimum absolute atomic E-state index is 0.0338. The lowest BCUT2D eigenvalue weighted by molar-refractivity contribution is 0.195. The Kier molecular flexibility index (Phi) is 5.85. The van der Waals surface area contributed by atoms with E-state index in [0.29, 0.717) is 19.8 Å². The van der Waals surface area contributed by atoms with Gasteiger partial charge in [-0.05, 0) is 26.0 Å². The average Bonchev–Trinajstić information content (AvgIpc) is 2.83. The fourth-order valence-electron chi connectivity index (χ4n) is 2.66.